The number of hydrogen-bond acceptors (Lipinski definition) is 15. The fourth-order valence-corrected chi connectivity index (χ4v) is 13.0. The number of hydrogen-bond donors (Lipinski definition) is 3. The zero-order chi connectivity index (χ0) is 69.3. The first-order valence-corrected chi connectivity index (χ1v) is 42.0. The Hall–Kier alpha value is -1.94. The molecule has 0 aromatic rings. The Balaban J connectivity index is 5.27. The van der Waals surface area contributed by atoms with Gasteiger partial charge in [0.05, 0.1) is 26.4 Å². The Kier molecular flexibility index (Phi) is 65.5. The number of rotatable bonds is 74. The molecule has 0 aromatic heterocycles. The van der Waals surface area contributed by atoms with Crippen LogP contribution in [-0.2, 0) is 65.4 Å². The van der Waals surface area contributed by atoms with E-state index in [1.807, 2.05) is 0 Å². The molecule has 0 rings (SSSR count). The molecular weight excluding hydrogens is 1230 g/mol. The molecule has 0 aliphatic rings. The standard InChI is InChI=1S/C75H146O17P2/c1-7-10-12-14-16-18-20-22-24-26-33-39-45-51-57-72(77)85-63-70(92-75(80)60-54-48-42-35-29-28-32-38-44-50-56-68(6)9-3)65-89-93(81,82)87-61-69(76)62-88-94(83,84)90-66-71(64-86-73(78)58-52-46-40-36-30-31-37-43-49-55-67(4)5)91-74(79)59-53-47-41-34-27-25-23-21-19-17-15-13-11-8-2/h67-71,76H,7-66H2,1-6H3,(H,81,82)(H,83,84)/t68?,69-,70-,71-/m1/s1. The lowest BCUT2D eigenvalue weighted by atomic mass is 9.99. The predicted molar refractivity (Wildman–Crippen MR) is 381 cm³/mol. The first kappa shape index (κ1) is 92.1. The Morgan fingerprint density at radius 1 is 0.309 bits per heavy atom. The highest BCUT2D eigenvalue weighted by molar-refractivity contribution is 7.47. The van der Waals surface area contributed by atoms with Gasteiger partial charge in [0.2, 0.25) is 0 Å². The van der Waals surface area contributed by atoms with E-state index in [0.717, 1.165) is 102 Å². The van der Waals surface area contributed by atoms with Crippen molar-refractivity contribution in [2.75, 3.05) is 39.6 Å². The van der Waals surface area contributed by atoms with E-state index in [1.165, 1.54) is 205 Å². The lowest BCUT2D eigenvalue weighted by Gasteiger charge is -2.21. The van der Waals surface area contributed by atoms with Crippen LogP contribution in [0.25, 0.3) is 0 Å². The molecule has 3 unspecified atom stereocenters. The summed E-state index contributed by atoms with van der Waals surface area (Å²) in [5.41, 5.74) is 0. The Bertz CT molecular complexity index is 1820. The van der Waals surface area contributed by atoms with Crippen LogP contribution in [0.1, 0.15) is 388 Å². The number of carbonyl (C=O) groups excluding carboxylic acids is 4. The van der Waals surface area contributed by atoms with Crippen molar-refractivity contribution < 1.29 is 80.2 Å². The highest BCUT2D eigenvalue weighted by Gasteiger charge is 2.30. The average molecular weight is 1380 g/mol. The number of esters is 4. The maximum absolute atomic E-state index is 13.1. The molecule has 94 heavy (non-hydrogen) atoms. The fourth-order valence-electron chi connectivity index (χ4n) is 11.4. The van der Waals surface area contributed by atoms with Crippen LogP contribution in [0.15, 0.2) is 0 Å². The van der Waals surface area contributed by atoms with Crippen molar-refractivity contribution in [3.05, 3.63) is 0 Å². The number of ether oxygens (including phenoxy) is 4. The van der Waals surface area contributed by atoms with Gasteiger partial charge in [-0.05, 0) is 37.5 Å². The molecule has 0 spiro atoms. The number of aliphatic hydroxyl groups is 1. The number of phosphoric ester groups is 2. The second-order valence-electron chi connectivity index (χ2n) is 27.8. The van der Waals surface area contributed by atoms with Crippen LogP contribution in [0.5, 0.6) is 0 Å². The normalized spacial score (nSPS) is 14.3. The van der Waals surface area contributed by atoms with E-state index < -0.39 is 97.5 Å². The van der Waals surface area contributed by atoms with Gasteiger partial charge in [0.1, 0.15) is 19.3 Å². The molecule has 0 saturated carbocycles. The zero-order valence-electron chi connectivity index (χ0n) is 61.3. The van der Waals surface area contributed by atoms with Gasteiger partial charge in [-0.2, -0.15) is 0 Å². The first-order chi connectivity index (χ1) is 45.4. The summed E-state index contributed by atoms with van der Waals surface area (Å²) in [6.07, 6.45) is 53.9. The molecule has 0 radical (unpaired) electrons. The minimum absolute atomic E-state index is 0.107. The summed E-state index contributed by atoms with van der Waals surface area (Å²) >= 11 is 0. The number of aliphatic hydroxyl groups excluding tert-OH is 1. The maximum Gasteiger partial charge on any atom is 0.472 e. The quantitative estimate of drug-likeness (QED) is 0.0222. The molecule has 17 nitrogen and oxygen atoms in total. The van der Waals surface area contributed by atoms with Gasteiger partial charge >= 0.3 is 39.5 Å². The SMILES string of the molecule is CCCCCCCCCCCCCCCCC(=O)OC[C@H](COP(=O)(O)OC[C@@H](O)COP(=O)(O)OC[C@@H](COC(=O)CCCCCCCCCCCC(C)C)OC(=O)CCCCCCCCCCCCCCCC)OC(=O)CCCCCCCCCCCCC(C)CC. The van der Waals surface area contributed by atoms with Crippen LogP contribution in [0.4, 0.5) is 0 Å². The smallest absolute Gasteiger partial charge is 0.462 e. The lowest BCUT2D eigenvalue weighted by Crippen LogP contribution is -2.30. The van der Waals surface area contributed by atoms with Gasteiger partial charge in [-0.3, -0.25) is 37.3 Å². The van der Waals surface area contributed by atoms with Crippen LogP contribution >= 0.6 is 15.6 Å². The van der Waals surface area contributed by atoms with E-state index in [-0.39, 0.29) is 25.7 Å². The molecule has 3 N–H and O–H groups in total. The molecule has 0 aromatic carbocycles. The van der Waals surface area contributed by atoms with Gasteiger partial charge in [0.25, 0.3) is 0 Å². The summed E-state index contributed by atoms with van der Waals surface area (Å²) in [5.74, 6) is -0.567. The molecule has 0 heterocycles. The molecule has 6 atom stereocenters. The van der Waals surface area contributed by atoms with Crippen molar-refractivity contribution in [2.45, 2.75) is 407 Å². The summed E-state index contributed by atoms with van der Waals surface area (Å²) in [4.78, 5) is 72.8. The van der Waals surface area contributed by atoms with Gasteiger partial charge in [0.15, 0.2) is 12.2 Å². The van der Waals surface area contributed by atoms with Crippen molar-refractivity contribution in [1.82, 2.24) is 0 Å². The Morgan fingerprint density at radius 2 is 0.543 bits per heavy atom. The second-order valence-corrected chi connectivity index (χ2v) is 30.7. The molecule has 0 saturated heterocycles. The summed E-state index contributed by atoms with van der Waals surface area (Å²) < 4.78 is 68.5. The molecule has 0 bridgehead atoms. The zero-order valence-corrected chi connectivity index (χ0v) is 63.1. The van der Waals surface area contributed by atoms with Crippen LogP contribution in [0.2, 0.25) is 0 Å². The van der Waals surface area contributed by atoms with Crippen molar-refractivity contribution in [1.29, 1.82) is 0 Å². The first-order valence-electron chi connectivity index (χ1n) is 39.0. The third-order valence-corrected chi connectivity index (χ3v) is 19.7. The molecule has 0 aliphatic carbocycles. The molecule has 19 heteroatoms. The van der Waals surface area contributed by atoms with E-state index in [4.69, 9.17) is 37.0 Å². The van der Waals surface area contributed by atoms with E-state index >= 15 is 0 Å². The maximum atomic E-state index is 13.1. The summed E-state index contributed by atoms with van der Waals surface area (Å²) in [6.45, 7) is 9.61. The van der Waals surface area contributed by atoms with E-state index in [0.29, 0.717) is 25.7 Å². The Labute approximate surface area is 575 Å². The summed E-state index contributed by atoms with van der Waals surface area (Å²) in [5, 5.41) is 10.6. The van der Waals surface area contributed by atoms with Gasteiger partial charge in [-0.15, -0.1) is 0 Å². The third-order valence-electron chi connectivity index (χ3n) is 17.8. The van der Waals surface area contributed by atoms with Gasteiger partial charge in [0, 0.05) is 25.7 Å². The summed E-state index contributed by atoms with van der Waals surface area (Å²) in [6, 6.07) is 0. The monoisotopic (exact) mass is 1380 g/mol. The van der Waals surface area contributed by atoms with E-state index in [9.17, 15) is 43.2 Å². The molecule has 0 amide bonds. The largest absolute Gasteiger partial charge is 0.472 e. The van der Waals surface area contributed by atoms with Crippen molar-refractivity contribution in [3.8, 4) is 0 Å². The van der Waals surface area contributed by atoms with Gasteiger partial charge in [-0.25, -0.2) is 9.13 Å². The highest BCUT2D eigenvalue weighted by atomic mass is 31.2. The number of unbranched alkanes of at least 4 members (excludes halogenated alkanes) is 43. The number of phosphoric acid groups is 2. The van der Waals surface area contributed by atoms with Gasteiger partial charge in [-0.1, -0.05) is 337 Å². The predicted octanol–water partition coefficient (Wildman–Crippen LogP) is 21.9. The van der Waals surface area contributed by atoms with E-state index in [2.05, 4.69) is 41.5 Å². The minimum Gasteiger partial charge on any atom is -0.462 e. The van der Waals surface area contributed by atoms with Crippen LogP contribution in [0.3, 0.4) is 0 Å². The second kappa shape index (κ2) is 66.9. The minimum atomic E-state index is -4.96. The van der Waals surface area contributed by atoms with Crippen LogP contribution in [0, 0.1) is 11.8 Å². The molecule has 0 fully saturated rings. The van der Waals surface area contributed by atoms with Crippen LogP contribution < -0.4 is 0 Å². The van der Waals surface area contributed by atoms with Gasteiger partial charge < -0.3 is 33.8 Å². The fraction of sp³-hybridized carbons (Fsp3) is 0.947. The summed E-state index contributed by atoms with van der Waals surface area (Å²) in [7, 11) is -9.91. The third kappa shape index (κ3) is 67.3. The highest BCUT2D eigenvalue weighted by Crippen LogP contribution is 2.45. The molecule has 558 valence electrons. The molecular formula is C75H146O17P2. The Morgan fingerprint density at radius 3 is 0.809 bits per heavy atom. The topological polar surface area (TPSA) is 237 Å². The lowest BCUT2D eigenvalue weighted by molar-refractivity contribution is -0.161. The number of carbonyl (C=O) groups is 4. The van der Waals surface area contributed by atoms with Crippen molar-refractivity contribution >= 4 is 39.5 Å². The van der Waals surface area contributed by atoms with Crippen molar-refractivity contribution in [2.24, 2.45) is 11.8 Å². The van der Waals surface area contributed by atoms with Crippen molar-refractivity contribution in [3.63, 3.8) is 0 Å². The molecule has 0 aliphatic heterocycles. The van der Waals surface area contributed by atoms with E-state index in [1.54, 1.807) is 0 Å². The van der Waals surface area contributed by atoms with Crippen LogP contribution in [-0.4, -0.2) is 96.7 Å². The average Bonchev–Trinajstić information content (AvgIpc) is 1.93.